The maximum absolute atomic E-state index is 11.5. The van der Waals surface area contributed by atoms with Gasteiger partial charge in [0.2, 0.25) is 0 Å². The zero-order chi connectivity index (χ0) is 24.0. The number of benzene rings is 1. The van der Waals surface area contributed by atoms with E-state index in [1.165, 1.54) is 43.9 Å². The number of thioether (sulfide) groups is 1. The van der Waals surface area contributed by atoms with Crippen LogP contribution in [0.1, 0.15) is 57.9 Å². The van der Waals surface area contributed by atoms with Crippen molar-refractivity contribution in [3.05, 3.63) is 52.9 Å². The minimum absolute atomic E-state index is 0.174. The molecule has 1 saturated carbocycles. The molecule has 1 aliphatic carbocycles. The topological polar surface area (TPSA) is 67.0 Å². The van der Waals surface area contributed by atoms with Crippen LogP contribution in [0.25, 0.3) is 0 Å². The normalized spacial score (nSPS) is 20.8. The number of aromatic nitrogens is 1. The molecule has 4 rings (SSSR count). The van der Waals surface area contributed by atoms with Crippen molar-refractivity contribution in [3.8, 4) is 0 Å². The van der Waals surface area contributed by atoms with Gasteiger partial charge < -0.3 is 19.7 Å². The summed E-state index contributed by atoms with van der Waals surface area (Å²) < 4.78 is 12.1. The molecule has 1 N–H and O–H groups in total. The van der Waals surface area contributed by atoms with Crippen LogP contribution in [0.15, 0.2) is 46.6 Å². The lowest BCUT2D eigenvalue weighted by Gasteiger charge is -2.37. The van der Waals surface area contributed by atoms with Gasteiger partial charge in [0.1, 0.15) is 5.82 Å². The Bertz CT molecular complexity index is 1010. The number of allylic oxidation sites excluding steroid dienone is 1. The van der Waals surface area contributed by atoms with Crippen LogP contribution >= 0.6 is 34.7 Å². The van der Waals surface area contributed by atoms with Crippen molar-refractivity contribution in [1.29, 1.82) is 0 Å². The zero-order valence-electron chi connectivity index (χ0n) is 19.7. The van der Waals surface area contributed by atoms with Crippen LogP contribution in [-0.4, -0.2) is 40.0 Å². The summed E-state index contributed by atoms with van der Waals surface area (Å²) in [5, 5.41) is 5.12. The first-order valence-electron chi connectivity index (χ1n) is 11.9. The first-order valence-corrected chi connectivity index (χ1v) is 13.9. The largest absolute Gasteiger partial charge is 0.432 e. The molecule has 0 spiro atoms. The van der Waals surface area contributed by atoms with Crippen molar-refractivity contribution in [1.82, 2.24) is 9.88 Å². The lowest BCUT2D eigenvalue weighted by molar-refractivity contribution is -0.117. The Kier molecular flexibility index (Phi) is 8.80. The number of halogens is 1. The highest BCUT2D eigenvalue weighted by molar-refractivity contribution is 8.03. The van der Waals surface area contributed by atoms with Gasteiger partial charge in [-0.05, 0) is 43.9 Å². The number of hydrogen-bond acceptors (Lipinski definition) is 8. The fourth-order valence-electron chi connectivity index (χ4n) is 4.17. The minimum Gasteiger partial charge on any atom is -0.432 e. The van der Waals surface area contributed by atoms with Gasteiger partial charge in [0.05, 0.1) is 23.6 Å². The molecule has 0 amide bonds. The van der Waals surface area contributed by atoms with Gasteiger partial charge in [-0.25, -0.2) is 9.78 Å². The van der Waals surface area contributed by atoms with Gasteiger partial charge in [0, 0.05) is 17.6 Å². The highest BCUT2D eigenvalue weighted by atomic mass is 35.5. The van der Waals surface area contributed by atoms with Crippen LogP contribution in [0.5, 0.6) is 0 Å². The van der Waals surface area contributed by atoms with E-state index in [1.54, 1.807) is 24.5 Å². The van der Waals surface area contributed by atoms with Crippen molar-refractivity contribution < 1.29 is 14.3 Å². The summed E-state index contributed by atoms with van der Waals surface area (Å²) in [7, 11) is 0. The fraction of sp³-hybridized carbons (Fsp3) is 0.520. The number of nitrogens with one attached hydrogen (secondary N) is 1. The molecule has 34 heavy (non-hydrogen) atoms. The predicted molar refractivity (Wildman–Crippen MR) is 139 cm³/mol. The van der Waals surface area contributed by atoms with Crippen molar-refractivity contribution in [3.63, 3.8) is 0 Å². The number of cyclic esters (lactones) is 1. The molecule has 9 heteroatoms. The standard InChI is InChI=1S/C25H32ClN3O3S2/c1-3-9-21(28-24-27-16-22(33-24)34-25(2)23(30)32-25)29(19-11-5-4-6-12-19)14-15-31-17-18-10-7-8-13-20(18)26/h7-10,13,16,19H,3-6,11-12,14-15,17H2,1-2H3,(H,27,28)/b21-9-. The summed E-state index contributed by atoms with van der Waals surface area (Å²) in [6.45, 7) is 5.85. The SMILES string of the molecule is CC/C=C(/Nc1ncc(SC2(C)OC2=O)s1)N(CCOCc1ccccc1Cl)C1CCCCC1. The average Bonchev–Trinajstić information content (AvgIpc) is 3.20. The first-order chi connectivity index (χ1) is 16.5. The highest BCUT2D eigenvalue weighted by Crippen LogP contribution is 2.47. The van der Waals surface area contributed by atoms with E-state index < -0.39 is 4.93 Å². The Morgan fingerprint density at radius 1 is 1.38 bits per heavy atom. The minimum atomic E-state index is -0.751. The van der Waals surface area contributed by atoms with Crippen LogP contribution < -0.4 is 5.32 Å². The number of hydrogen-bond donors (Lipinski definition) is 1. The molecule has 184 valence electrons. The number of thiazole rings is 1. The molecule has 2 aromatic rings. The van der Waals surface area contributed by atoms with Gasteiger partial charge in [-0.15, -0.1) is 0 Å². The van der Waals surface area contributed by atoms with Crippen LogP contribution in [0.4, 0.5) is 5.13 Å². The molecule has 1 aromatic carbocycles. The predicted octanol–water partition coefficient (Wildman–Crippen LogP) is 6.68. The molecule has 0 radical (unpaired) electrons. The van der Waals surface area contributed by atoms with E-state index in [4.69, 9.17) is 21.1 Å². The number of carbonyl (C=O) groups excluding carboxylic acids is 1. The van der Waals surface area contributed by atoms with Crippen molar-refractivity contribution in [2.24, 2.45) is 0 Å². The third-order valence-corrected chi connectivity index (χ3v) is 8.57. The van der Waals surface area contributed by atoms with E-state index in [2.05, 4.69) is 28.2 Å². The summed E-state index contributed by atoms with van der Waals surface area (Å²) in [4.78, 5) is 17.7. The van der Waals surface area contributed by atoms with Gasteiger partial charge in [-0.3, -0.25) is 0 Å². The van der Waals surface area contributed by atoms with Gasteiger partial charge in [0.25, 0.3) is 4.93 Å². The van der Waals surface area contributed by atoms with E-state index in [1.807, 2.05) is 24.3 Å². The summed E-state index contributed by atoms with van der Waals surface area (Å²) in [5.74, 6) is 0.902. The van der Waals surface area contributed by atoms with Crippen LogP contribution in [0.2, 0.25) is 5.02 Å². The van der Waals surface area contributed by atoms with E-state index in [9.17, 15) is 4.79 Å². The van der Waals surface area contributed by atoms with Crippen LogP contribution in [0, 0.1) is 0 Å². The molecule has 1 unspecified atom stereocenters. The number of anilines is 1. The van der Waals surface area contributed by atoms with E-state index in [0.717, 1.165) is 38.7 Å². The summed E-state index contributed by atoms with van der Waals surface area (Å²) in [6, 6.07) is 8.30. The van der Waals surface area contributed by atoms with E-state index in [-0.39, 0.29) is 5.97 Å². The van der Waals surface area contributed by atoms with Gasteiger partial charge in [-0.1, -0.05) is 79.1 Å². The molecule has 1 saturated heterocycles. The molecule has 1 aliphatic heterocycles. The van der Waals surface area contributed by atoms with E-state index in [0.29, 0.717) is 19.3 Å². The second-order valence-electron chi connectivity index (χ2n) is 8.67. The summed E-state index contributed by atoms with van der Waals surface area (Å²) in [5.41, 5.74) is 1.01. The zero-order valence-corrected chi connectivity index (χ0v) is 22.1. The van der Waals surface area contributed by atoms with Gasteiger partial charge >= 0.3 is 5.97 Å². The Hall–Kier alpha value is -1.74. The van der Waals surface area contributed by atoms with Gasteiger partial charge in [-0.2, -0.15) is 0 Å². The molecule has 2 heterocycles. The molecule has 1 aromatic heterocycles. The molecule has 1 atom stereocenters. The van der Waals surface area contributed by atoms with Crippen molar-refractivity contribution in [2.75, 3.05) is 18.5 Å². The lowest BCUT2D eigenvalue weighted by Crippen LogP contribution is -2.40. The Morgan fingerprint density at radius 3 is 2.85 bits per heavy atom. The second-order valence-corrected chi connectivity index (χ2v) is 11.8. The molecular weight excluding hydrogens is 490 g/mol. The Labute approximate surface area is 215 Å². The monoisotopic (exact) mass is 521 g/mol. The third kappa shape index (κ3) is 6.68. The number of carbonyl (C=O) groups is 1. The maximum Gasteiger partial charge on any atom is 0.363 e. The van der Waals surface area contributed by atoms with Crippen LogP contribution in [-0.2, 0) is 20.9 Å². The number of epoxide rings is 1. The molecule has 2 fully saturated rings. The third-order valence-electron chi connectivity index (χ3n) is 6.05. The first kappa shape index (κ1) is 25.4. The number of nitrogens with zero attached hydrogens (tertiary/aromatic N) is 2. The molecular formula is C25H32ClN3O3S2. The highest BCUT2D eigenvalue weighted by Gasteiger charge is 2.55. The fourth-order valence-corrected chi connectivity index (χ4v) is 6.48. The van der Waals surface area contributed by atoms with Crippen LogP contribution in [0.3, 0.4) is 0 Å². The Balaban J connectivity index is 1.41. The van der Waals surface area contributed by atoms with Crippen molar-refractivity contribution in [2.45, 2.75) is 74.2 Å². The van der Waals surface area contributed by atoms with Gasteiger partial charge in [0.15, 0.2) is 5.13 Å². The Morgan fingerprint density at radius 2 is 2.15 bits per heavy atom. The molecule has 2 aliphatic rings. The molecule has 6 nitrogen and oxygen atoms in total. The lowest BCUT2D eigenvalue weighted by atomic mass is 9.94. The van der Waals surface area contributed by atoms with E-state index >= 15 is 0 Å². The molecule has 0 bridgehead atoms. The summed E-state index contributed by atoms with van der Waals surface area (Å²) in [6.07, 6.45) is 11.1. The number of ether oxygens (including phenoxy) is 2. The quantitative estimate of drug-likeness (QED) is 0.247. The van der Waals surface area contributed by atoms with Crippen molar-refractivity contribution >= 4 is 45.8 Å². The number of rotatable bonds is 12. The smallest absolute Gasteiger partial charge is 0.363 e. The summed E-state index contributed by atoms with van der Waals surface area (Å²) >= 11 is 9.24. The average molecular weight is 522 g/mol. The maximum atomic E-state index is 11.5. The second kappa shape index (κ2) is 11.8.